The molecule has 1 N–H and O–H groups in total. The van der Waals surface area contributed by atoms with Gasteiger partial charge in [0.15, 0.2) is 0 Å². The van der Waals surface area contributed by atoms with Crippen LogP contribution in [0.15, 0.2) is 36.4 Å². The van der Waals surface area contributed by atoms with Gasteiger partial charge in [0, 0.05) is 11.3 Å². The van der Waals surface area contributed by atoms with Crippen LogP contribution in [-0.4, -0.2) is 11.7 Å². The number of nitrogens with zero attached hydrogens (tertiary/aromatic N) is 1. The van der Waals surface area contributed by atoms with Gasteiger partial charge < -0.3 is 9.84 Å². The molecule has 20 heavy (non-hydrogen) atoms. The lowest BCUT2D eigenvalue weighted by Gasteiger charge is -2.35. The van der Waals surface area contributed by atoms with Crippen molar-refractivity contribution in [2.24, 2.45) is 5.41 Å². The fraction of sp³-hybridized carbons (Fsp3) is 0.267. The van der Waals surface area contributed by atoms with Gasteiger partial charge in [-0.05, 0) is 23.8 Å². The smallest absolute Gasteiger partial charge is 0.126 e. The van der Waals surface area contributed by atoms with E-state index in [9.17, 15) is 10.4 Å². The molecule has 2 aromatic rings. The molecule has 3 rings (SSSR count). The van der Waals surface area contributed by atoms with Crippen molar-refractivity contribution in [3.8, 4) is 11.8 Å². The topological polar surface area (TPSA) is 53.2 Å². The number of aliphatic hydroxyl groups excluding tert-OH is 1. The first kappa shape index (κ1) is 13.4. The maximum Gasteiger partial charge on any atom is 0.126 e. The Morgan fingerprint density at radius 1 is 1.35 bits per heavy atom. The highest BCUT2D eigenvalue weighted by Gasteiger charge is 2.44. The SMILES string of the molecule is N#CC1(C(O)c2ccc(Cl)s2)COc2ccccc2C1. The van der Waals surface area contributed by atoms with Crippen molar-refractivity contribution in [1.82, 2.24) is 0 Å². The highest BCUT2D eigenvalue weighted by atomic mass is 35.5. The maximum absolute atomic E-state index is 10.6. The number of halogens is 1. The van der Waals surface area contributed by atoms with E-state index in [-0.39, 0.29) is 6.61 Å². The van der Waals surface area contributed by atoms with E-state index in [4.69, 9.17) is 16.3 Å². The number of fused-ring (bicyclic) bond motifs is 1. The number of benzene rings is 1. The Balaban J connectivity index is 1.96. The van der Waals surface area contributed by atoms with Gasteiger partial charge in [-0.2, -0.15) is 5.26 Å². The summed E-state index contributed by atoms with van der Waals surface area (Å²) in [6, 6.07) is 13.4. The van der Waals surface area contributed by atoms with E-state index in [1.807, 2.05) is 24.3 Å². The molecule has 0 bridgehead atoms. The molecule has 0 fully saturated rings. The lowest BCUT2D eigenvalue weighted by Crippen LogP contribution is -2.38. The number of nitriles is 1. The first-order valence-corrected chi connectivity index (χ1v) is 7.39. The van der Waals surface area contributed by atoms with Gasteiger partial charge in [0.25, 0.3) is 0 Å². The van der Waals surface area contributed by atoms with E-state index in [2.05, 4.69) is 6.07 Å². The van der Waals surface area contributed by atoms with Gasteiger partial charge >= 0.3 is 0 Å². The lowest BCUT2D eigenvalue weighted by molar-refractivity contribution is 0.0195. The molecule has 0 spiro atoms. The Bertz CT molecular complexity index is 679. The number of para-hydroxylation sites is 1. The van der Waals surface area contributed by atoms with E-state index in [1.54, 1.807) is 12.1 Å². The van der Waals surface area contributed by atoms with Gasteiger partial charge in [0.05, 0.1) is 10.4 Å². The van der Waals surface area contributed by atoms with Gasteiger partial charge in [-0.1, -0.05) is 29.8 Å². The highest BCUT2D eigenvalue weighted by Crippen LogP contribution is 2.44. The summed E-state index contributed by atoms with van der Waals surface area (Å²) in [5, 5.41) is 20.2. The third-order valence-corrected chi connectivity index (χ3v) is 4.86. The van der Waals surface area contributed by atoms with E-state index in [0.717, 1.165) is 11.3 Å². The molecule has 0 aliphatic carbocycles. The van der Waals surface area contributed by atoms with Crippen LogP contribution < -0.4 is 4.74 Å². The normalized spacial score (nSPS) is 22.4. The average molecular weight is 306 g/mol. The quantitative estimate of drug-likeness (QED) is 0.922. The van der Waals surface area contributed by atoms with Crippen molar-refractivity contribution >= 4 is 22.9 Å². The average Bonchev–Trinajstić information content (AvgIpc) is 2.92. The van der Waals surface area contributed by atoms with Crippen LogP contribution in [0.25, 0.3) is 0 Å². The Morgan fingerprint density at radius 2 is 2.15 bits per heavy atom. The van der Waals surface area contributed by atoms with Crippen LogP contribution in [0.2, 0.25) is 4.34 Å². The molecule has 0 saturated carbocycles. The monoisotopic (exact) mass is 305 g/mol. The van der Waals surface area contributed by atoms with E-state index < -0.39 is 11.5 Å². The number of hydrogen-bond acceptors (Lipinski definition) is 4. The van der Waals surface area contributed by atoms with Gasteiger partial charge in [-0.15, -0.1) is 11.3 Å². The maximum atomic E-state index is 10.6. The van der Waals surface area contributed by atoms with Gasteiger partial charge in [-0.3, -0.25) is 0 Å². The molecule has 5 heteroatoms. The van der Waals surface area contributed by atoms with E-state index >= 15 is 0 Å². The van der Waals surface area contributed by atoms with Crippen LogP contribution in [0.3, 0.4) is 0 Å². The molecule has 102 valence electrons. The molecule has 0 radical (unpaired) electrons. The van der Waals surface area contributed by atoms with Crippen LogP contribution in [0.1, 0.15) is 16.5 Å². The standard InChI is InChI=1S/C15H12ClNO2S/c16-13-6-5-12(20-13)14(18)15(8-17)7-10-3-1-2-4-11(10)19-9-15/h1-6,14,18H,7,9H2. The second kappa shape index (κ2) is 5.10. The molecule has 2 atom stereocenters. The molecule has 3 nitrogen and oxygen atoms in total. The van der Waals surface area contributed by atoms with Gasteiger partial charge in [0.2, 0.25) is 0 Å². The predicted molar refractivity (Wildman–Crippen MR) is 78.0 cm³/mol. The molecule has 1 aliphatic heterocycles. The molecule has 1 aliphatic rings. The minimum Gasteiger partial charge on any atom is -0.492 e. The van der Waals surface area contributed by atoms with E-state index in [0.29, 0.717) is 15.6 Å². The largest absolute Gasteiger partial charge is 0.492 e. The van der Waals surface area contributed by atoms with Crippen LogP contribution in [0.5, 0.6) is 5.75 Å². The van der Waals surface area contributed by atoms with Crippen LogP contribution in [0.4, 0.5) is 0 Å². The van der Waals surface area contributed by atoms with E-state index in [1.165, 1.54) is 11.3 Å². The minimum absolute atomic E-state index is 0.178. The number of rotatable bonds is 2. The number of thiophene rings is 1. The van der Waals surface area contributed by atoms with Crippen molar-refractivity contribution in [1.29, 1.82) is 5.26 Å². The fourth-order valence-corrected chi connectivity index (χ4v) is 3.61. The molecular weight excluding hydrogens is 294 g/mol. The number of hydrogen-bond donors (Lipinski definition) is 1. The van der Waals surface area contributed by atoms with Crippen molar-refractivity contribution in [2.75, 3.05) is 6.61 Å². The minimum atomic E-state index is -0.970. The van der Waals surface area contributed by atoms with Gasteiger partial charge in [0.1, 0.15) is 23.9 Å². The first-order valence-electron chi connectivity index (χ1n) is 6.20. The highest BCUT2D eigenvalue weighted by molar-refractivity contribution is 7.16. The second-order valence-electron chi connectivity index (χ2n) is 4.89. The zero-order valence-corrected chi connectivity index (χ0v) is 12.1. The molecule has 0 amide bonds. The first-order chi connectivity index (χ1) is 9.64. The summed E-state index contributed by atoms with van der Waals surface area (Å²) in [7, 11) is 0. The Hall–Kier alpha value is -1.54. The molecular formula is C15H12ClNO2S. The van der Waals surface area contributed by atoms with Crippen molar-refractivity contribution in [2.45, 2.75) is 12.5 Å². The molecule has 2 heterocycles. The fourth-order valence-electron chi connectivity index (χ4n) is 2.44. The third-order valence-electron chi connectivity index (χ3n) is 3.57. The summed E-state index contributed by atoms with van der Waals surface area (Å²) in [5.74, 6) is 0.787. The summed E-state index contributed by atoms with van der Waals surface area (Å²) in [6.45, 7) is 0.178. The second-order valence-corrected chi connectivity index (χ2v) is 6.63. The van der Waals surface area contributed by atoms with Crippen molar-refractivity contribution < 1.29 is 9.84 Å². The summed E-state index contributed by atoms with van der Waals surface area (Å²) in [6.07, 6.45) is -0.436. The number of aliphatic hydroxyl groups is 1. The Labute approximate surface area is 126 Å². The summed E-state index contributed by atoms with van der Waals surface area (Å²) in [4.78, 5) is 0.694. The number of ether oxygens (including phenoxy) is 1. The predicted octanol–water partition coefficient (Wildman–Crippen LogP) is 3.58. The third kappa shape index (κ3) is 2.18. The van der Waals surface area contributed by atoms with Crippen LogP contribution >= 0.6 is 22.9 Å². The molecule has 1 aromatic carbocycles. The van der Waals surface area contributed by atoms with Gasteiger partial charge in [-0.25, -0.2) is 0 Å². The van der Waals surface area contributed by atoms with Crippen LogP contribution in [-0.2, 0) is 6.42 Å². The zero-order chi connectivity index (χ0) is 14.2. The molecule has 2 unspecified atom stereocenters. The van der Waals surface area contributed by atoms with Crippen molar-refractivity contribution in [3.63, 3.8) is 0 Å². The Kier molecular flexibility index (Phi) is 3.43. The zero-order valence-electron chi connectivity index (χ0n) is 10.5. The van der Waals surface area contributed by atoms with Crippen molar-refractivity contribution in [3.05, 3.63) is 51.2 Å². The van der Waals surface area contributed by atoms with Crippen LogP contribution in [0, 0.1) is 16.7 Å². The summed E-state index contributed by atoms with van der Waals surface area (Å²) in [5.41, 5.74) is -0.0234. The lowest BCUT2D eigenvalue weighted by atomic mass is 9.76. The molecule has 1 aromatic heterocycles. The summed E-state index contributed by atoms with van der Waals surface area (Å²) < 4.78 is 6.27. The summed E-state index contributed by atoms with van der Waals surface area (Å²) >= 11 is 7.20. The Morgan fingerprint density at radius 3 is 2.85 bits per heavy atom. The molecule has 0 saturated heterocycles.